The fourth-order valence-electron chi connectivity index (χ4n) is 4.23. The van der Waals surface area contributed by atoms with Crippen LogP contribution >= 0.6 is 48.0 Å². The summed E-state index contributed by atoms with van der Waals surface area (Å²) in [6.07, 6.45) is 3.30. The van der Waals surface area contributed by atoms with E-state index >= 15 is 0 Å². The highest BCUT2D eigenvalue weighted by molar-refractivity contribution is 6.31. The summed E-state index contributed by atoms with van der Waals surface area (Å²) in [5, 5.41) is 1.45. The number of rotatable bonds is 10. The minimum absolute atomic E-state index is 0. The predicted molar refractivity (Wildman–Crippen MR) is 176 cm³/mol. The number of likely N-dealkylation sites (N-methyl/N-ethyl adjacent to an activating group) is 1. The molecule has 1 heterocycles. The lowest BCUT2D eigenvalue weighted by atomic mass is 10.0. The summed E-state index contributed by atoms with van der Waals surface area (Å²) in [5.74, 6) is 0.223. The van der Waals surface area contributed by atoms with Gasteiger partial charge in [0.25, 0.3) is 0 Å². The molecule has 0 amide bonds. The summed E-state index contributed by atoms with van der Waals surface area (Å²) in [6, 6.07) is 21.9. The summed E-state index contributed by atoms with van der Waals surface area (Å²) < 4.78 is 10.2. The molecule has 41 heavy (non-hydrogen) atoms. The van der Waals surface area contributed by atoms with Crippen LogP contribution in [-0.2, 0) is 22.4 Å². The second kappa shape index (κ2) is 19.1. The third-order valence-corrected chi connectivity index (χ3v) is 6.73. The van der Waals surface area contributed by atoms with Crippen molar-refractivity contribution in [2.75, 3.05) is 65.9 Å². The Morgan fingerprint density at radius 2 is 1.41 bits per heavy atom. The molecule has 1 aliphatic rings. The maximum atomic E-state index is 11.3. The highest BCUT2D eigenvalue weighted by Gasteiger charge is 2.20. The molecule has 0 saturated heterocycles. The molecule has 1 aliphatic heterocycles. The maximum Gasteiger partial charge on any atom is 0.344 e. The number of ether oxygens (including phenoxy) is 2. The predicted octanol–water partition coefficient (Wildman–Crippen LogP) is 7.20. The molecule has 10 heteroatoms. The van der Waals surface area contributed by atoms with Crippen LogP contribution in [0.15, 0.2) is 66.7 Å². The summed E-state index contributed by atoms with van der Waals surface area (Å²) in [7, 11) is 8.08. The average Bonchev–Trinajstić information content (AvgIpc) is 3.05. The molecule has 0 spiro atoms. The molecule has 3 aromatic carbocycles. The van der Waals surface area contributed by atoms with Gasteiger partial charge in [0.15, 0.2) is 6.61 Å². The Labute approximate surface area is 267 Å². The number of esters is 1. The van der Waals surface area contributed by atoms with Crippen LogP contribution in [0, 0.1) is 0 Å². The Bertz CT molecular complexity index is 1190. The minimum Gasteiger partial charge on any atom is -0.482 e. The third-order valence-electron chi connectivity index (χ3n) is 6.24. The van der Waals surface area contributed by atoms with Crippen molar-refractivity contribution in [2.24, 2.45) is 0 Å². The molecule has 4 rings (SSSR count). The van der Waals surface area contributed by atoms with Crippen LogP contribution in [0.4, 0.5) is 11.4 Å². The van der Waals surface area contributed by atoms with E-state index in [-0.39, 0.29) is 37.4 Å². The van der Waals surface area contributed by atoms with Crippen molar-refractivity contribution in [1.82, 2.24) is 9.80 Å². The zero-order valence-electron chi connectivity index (χ0n) is 24.1. The van der Waals surface area contributed by atoms with Crippen LogP contribution in [0.2, 0.25) is 10.0 Å². The van der Waals surface area contributed by atoms with Crippen molar-refractivity contribution in [2.45, 2.75) is 19.3 Å². The first-order chi connectivity index (χ1) is 18.7. The SMILES string of the molecule is CN(C)CCCN1c2ccccc2CCc2ccc(Cl)cc21.CN(C)CCOC(=O)COc1ccc(Cl)cc1.Cl.Cl. The number of hydrogen-bond donors (Lipinski definition) is 0. The van der Waals surface area contributed by atoms with E-state index in [1.165, 1.54) is 22.5 Å². The molecule has 0 aromatic heterocycles. The fraction of sp³-hybridized carbons (Fsp3) is 0.387. The van der Waals surface area contributed by atoms with Crippen LogP contribution in [0.25, 0.3) is 0 Å². The largest absolute Gasteiger partial charge is 0.482 e. The second-order valence-electron chi connectivity index (χ2n) is 9.98. The Hall–Kier alpha value is -2.19. The number of nitrogens with zero attached hydrogens (tertiary/aromatic N) is 3. The van der Waals surface area contributed by atoms with Gasteiger partial charge in [0, 0.05) is 34.5 Å². The van der Waals surface area contributed by atoms with Gasteiger partial charge in [-0.3, -0.25) is 0 Å². The van der Waals surface area contributed by atoms with Crippen molar-refractivity contribution in [3.63, 3.8) is 0 Å². The number of carbonyl (C=O) groups excluding carboxylic acids is 1. The van der Waals surface area contributed by atoms with Gasteiger partial charge >= 0.3 is 5.97 Å². The zero-order valence-corrected chi connectivity index (χ0v) is 27.3. The monoisotopic (exact) mass is 643 g/mol. The molecule has 6 nitrogen and oxygen atoms in total. The molecule has 0 aliphatic carbocycles. The Kier molecular flexibility index (Phi) is 17.1. The normalized spacial score (nSPS) is 11.7. The molecule has 0 unspecified atom stereocenters. The summed E-state index contributed by atoms with van der Waals surface area (Å²) in [6.45, 7) is 3.09. The summed E-state index contributed by atoms with van der Waals surface area (Å²) in [4.78, 5) is 17.9. The molecule has 0 saturated carbocycles. The molecule has 0 fully saturated rings. The quantitative estimate of drug-likeness (QED) is 0.218. The van der Waals surface area contributed by atoms with Crippen molar-refractivity contribution in [1.29, 1.82) is 0 Å². The highest BCUT2D eigenvalue weighted by atomic mass is 35.5. The lowest BCUT2D eigenvalue weighted by Crippen LogP contribution is -2.24. The number of hydrogen-bond acceptors (Lipinski definition) is 6. The van der Waals surface area contributed by atoms with Gasteiger partial charge in [-0.15, -0.1) is 24.8 Å². The van der Waals surface area contributed by atoms with E-state index in [9.17, 15) is 4.79 Å². The minimum atomic E-state index is -0.373. The van der Waals surface area contributed by atoms with Crippen LogP contribution in [0.5, 0.6) is 5.75 Å². The van der Waals surface area contributed by atoms with Gasteiger partial charge in [-0.05, 0) is 108 Å². The van der Waals surface area contributed by atoms with Gasteiger partial charge in [-0.25, -0.2) is 4.79 Å². The van der Waals surface area contributed by atoms with E-state index in [4.69, 9.17) is 32.7 Å². The summed E-state index contributed by atoms with van der Waals surface area (Å²) in [5.41, 5.74) is 5.43. The molecular formula is C31H41Cl4N3O3. The second-order valence-corrected chi connectivity index (χ2v) is 10.8. The first-order valence-electron chi connectivity index (χ1n) is 13.2. The van der Waals surface area contributed by atoms with E-state index < -0.39 is 0 Å². The number of carbonyl (C=O) groups is 1. The lowest BCUT2D eigenvalue weighted by Gasteiger charge is -2.27. The molecular weight excluding hydrogens is 604 g/mol. The van der Waals surface area contributed by atoms with Gasteiger partial charge in [-0.2, -0.15) is 0 Å². The number of para-hydroxylation sites is 1. The Morgan fingerprint density at radius 3 is 2.07 bits per heavy atom. The van der Waals surface area contributed by atoms with E-state index in [0.717, 1.165) is 37.4 Å². The van der Waals surface area contributed by atoms with Crippen LogP contribution in [0.1, 0.15) is 17.5 Å². The zero-order chi connectivity index (χ0) is 28.2. The van der Waals surface area contributed by atoms with E-state index in [1.807, 2.05) is 25.1 Å². The van der Waals surface area contributed by atoms with Gasteiger partial charge in [0.2, 0.25) is 0 Å². The van der Waals surface area contributed by atoms with Crippen molar-refractivity contribution in [3.05, 3.63) is 87.9 Å². The van der Waals surface area contributed by atoms with Crippen molar-refractivity contribution < 1.29 is 14.3 Å². The number of halogens is 4. The first kappa shape index (κ1) is 36.8. The molecule has 0 N–H and O–H groups in total. The standard InChI is InChI=1S/C19H23ClN2.C12H16ClNO3.2ClH/c1-21(2)12-5-13-22-18-7-4-3-6-15(18)8-9-16-10-11-17(20)14-19(16)22;1-14(2)7-8-16-12(15)9-17-11-5-3-10(13)4-6-11;;/h3-4,6-7,10-11,14H,5,8-9,12-13H2,1-2H3;3-6H,7-9H2,1-2H3;2*1H. The Morgan fingerprint density at radius 1 is 0.805 bits per heavy atom. The number of anilines is 2. The van der Waals surface area contributed by atoms with E-state index in [2.05, 4.69) is 60.3 Å². The summed E-state index contributed by atoms with van der Waals surface area (Å²) >= 11 is 12.0. The third kappa shape index (κ3) is 12.7. The highest BCUT2D eigenvalue weighted by Crippen LogP contribution is 2.37. The van der Waals surface area contributed by atoms with Crippen molar-refractivity contribution >= 4 is 65.4 Å². The molecule has 3 aromatic rings. The first-order valence-corrected chi connectivity index (χ1v) is 14.0. The van der Waals surface area contributed by atoms with E-state index in [0.29, 0.717) is 23.9 Å². The van der Waals surface area contributed by atoms with Gasteiger partial charge in [0.1, 0.15) is 12.4 Å². The molecule has 226 valence electrons. The smallest absolute Gasteiger partial charge is 0.344 e. The number of benzene rings is 3. The maximum absolute atomic E-state index is 11.3. The number of aryl methyl sites for hydroxylation is 2. The number of fused-ring (bicyclic) bond motifs is 2. The van der Waals surface area contributed by atoms with Gasteiger partial charge in [0.05, 0.1) is 0 Å². The van der Waals surface area contributed by atoms with E-state index in [1.54, 1.807) is 24.3 Å². The lowest BCUT2D eigenvalue weighted by molar-refractivity contribution is -0.146. The molecule has 0 radical (unpaired) electrons. The van der Waals surface area contributed by atoms with Crippen LogP contribution in [-0.4, -0.2) is 76.8 Å². The molecule has 0 bridgehead atoms. The van der Waals surface area contributed by atoms with Crippen LogP contribution in [0.3, 0.4) is 0 Å². The fourth-order valence-corrected chi connectivity index (χ4v) is 4.52. The molecule has 0 atom stereocenters. The van der Waals surface area contributed by atoms with Crippen LogP contribution < -0.4 is 9.64 Å². The van der Waals surface area contributed by atoms with Gasteiger partial charge < -0.3 is 24.2 Å². The Balaban J connectivity index is 0.000000404. The van der Waals surface area contributed by atoms with Crippen molar-refractivity contribution in [3.8, 4) is 5.75 Å². The van der Waals surface area contributed by atoms with Gasteiger partial charge in [-0.1, -0.05) is 47.5 Å². The topological polar surface area (TPSA) is 45.2 Å². The average molecular weight is 645 g/mol.